The Kier molecular flexibility index (Phi) is 2.62. The number of carbonyl (C=O) groups is 1. The van der Waals surface area contributed by atoms with Crippen molar-refractivity contribution in [2.75, 3.05) is 6.79 Å². The molecule has 0 atom stereocenters. The number of fused-ring (bicyclic) bond motifs is 6. The van der Waals surface area contributed by atoms with Gasteiger partial charge in [-0.25, -0.2) is 0 Å². The first-order valence-corrected chi connectivity index (χ1v) is 7.61. The van der Waals surface area contributed by atoms with E-state index in [0.717, 1.165) is 28.0 Å². The minimum absolute atomic E-state index is 0.166. The number of ether oxygens (including phenoxy) is 2. The van der Waals surface area contributed by atoms with Crippen molar-refractivity contribution in [2.45, 2.75) is 0 Å². The quantitative estimate of drug-likeness (QED) is 0.315. The lowest BCUT2D eigenvalue weighted by Crippen LogP contribution is -1.92. The van der Waals surface area contributed by atoms with E-state index in [4.69, 9.17) is 9.47 Å². The summed E-state index contributed by atoms with van der Waals surface area (Å²) in [5.74, 6) is 0.746. The molecule has 0 amide bonds. The number of phenolic OH excluding ortho intramolecular Hbond substituents is 2. The van der Waals surface area contributed by atoms with Gasteiger partial charge in [0.2, 0.25) is 6.79 Å². The molecular weight excluding hydrogens is 322 g/mol. The van der Waals surface area contributed by atoms with Crippen LogP contribution in [-0.2, 0) is 0 Å². The first-order chi connectivity index (χ1) is 12.2. The monoisotopic (exact) mass is 333 g/mol. The molecule has 1 aliphatic rings. The second kappa shape index (κ2) is 4.73. The lowest BCUT2D eigenvalue weighted by molar-refractivity contribution is 0.112. The van der Waals surface area contributed by atoms with E-state index in [0.29, 0.717) is 27.8 Å². The fourth-order valence-electron chi connectivity index (χ4n) is 3.34. The van der Waals surface area contributed by atoms with Crippen LogP contribution >= 0.6 is 0 Å². The molecule has 6 nitrogen and oxygen atoms in total. The van der Waals surface area contributed by atoms with Crippen LogP contribution in [-0.4, -0.2) is 28.3 Å². The van der Waals surface area contributed by atoms with Crippen molar-refractivity contribution in [1.82, 2.24) is 4.98 Å². The number of hydrogen-bond donors (Lipinski definition) is 2. The van der Waals surface area contributed by atoms with Crippen molar-refractivity contribution in [3.8, 4) is 23.0 Å². The van der Waals surface area contributed by atoms with Crippen LogP contribution in [0.4, 0.5) is 0 Å². The maximum atomic E-state index is 11.6. The van der Waals surface area contributed by atoms with Crippen LogP contribution in [0.2, 0.25) is 0 Å². The maximum Gasteiger partial charge on any atom is 0.231 e. The summed E-state index contributed by atoms with van der Waals surface area (Å²) in [4.78, 5) is 16.1. The van der Waals surface area contributed by atoms with Crippen LogP contribution in [0.3, 0.4) is 0 Å². The van der Waals surface area contributed by atoms with E-state index in [1.165, 1.54) is 12.1 Å². The number of phenols is 2. The zero-order valence-electron chi connectivity index (χ0n) is 12.8. The van der Waals surface area contributed by atoms with Crippen LogP contribution in [0.25, 0.3) is 32.4 Å². The molecule has 0 aliphatic carbocycles. The number of benzene rings is 3. The molecule has 1 aliphatic heterocycles. The molecule has 2 heterocycles. The van der Waals surface area contributed by atoms with Crippen LogP contribution in [0.15, 0.2) is 36.5 Å². The first kappa shape index (κ1) is 13.9. The molecule has 0 bridgehead atoms. The fourth-order valence-corrected chi connectivity index (χ4v) is 3.34. The van der Waals surface area contributed by atoms with E-state index in [9.17, 15) is 15.0 Å². The third-order valence-electron chi connectivity index (χ3n) is 4.55. The van der Waals surface area contributed by atoms with E-state index < -0.39 is 0 Å². The number of hydrogen-bond acceptors (Lipinski definition) is 6. The summed E-state index contributed by atoms with van der Waals surface area (Å²) in [6, 6.07) is 8.23. The number of aromatic nitrogens is 1. The lowest BCUT2D eigenvalue weighted by Gasteiger charge is -2.11. The van der Waals surface area contributed by atoms with Crippen LogP contribution in [0.5, 0.6) is 23.0 Å². The smallest absolute Gasteiger partial charge is 0.231 e. The predicted molar refractivity (Wildman–Crippen MR) is 91.6 cm³/mol. The minimum Gasteiger partial charge on any atom is -0.504 e. The van der Waals surface area contributed by atoms with Gasteiger partial charge >= 0.3 is 0 Å². The molecule has 25 heavy (non-hydrogen) atoms. The molecule has 122 valence electrons. The second-order valence-corrected chi connectivity index (χ2v) is 5.91. The lowest BCUT2D eigenvalue weighted by atomic mass is 9.96. The first-order valence-electron chi connectivity index (χ1n) is 7.61. The molecule has 1 aromatic heterocycles. The normalized spacial score (nSPS) is 13.0. The summed E-state index contributed by atoms with van der Waals surface area (Å²) in [6.07, 6.45) is 2.42. The van der Waals surface area contributed by atoms with Gasteiger partial charge in [0, 0.05) is 28.6 Å². The van der Waals surface area contributed by atoms with Crippen molar-refractivity contribution >= 4 is 38.7 Å². The van der Waals surface area contributed by atoms with Crippen molar-refractivity contribution in [2.24, 2.45) is 0 Å². The average Bonchev–Trinajstić information content (AvgIpc) is 3.07. The Morgan fingerprint density at radius 2 is 1.52 bits per heavy atom. The average molecular weight is 333 g/mol. The number of rotatable bonds is 1. The third kappa shape index (κ3) is 1.85. The highest BCUT2D eigenvalue weighted by Gasteiger charge is 2.18. The summed E-state index contributed by atoms with van der Waals surface area (Å²) in [5, 5.41) is 23.2. The molecule has 0 saturated heterocycles. The largest absolute Gasteiger partial charge is 0.504 e. The maximum absolute atomic E-state index is 11.6. The number of aldehydes is 1. The van der Waals surface area contributed by atoms with Crippen molar-refractivity contribution in [3.63, 3.8) is 0 Å². The SMILES string of the molecule is O=Cc1cc2c3cc4c(cc3ncc2c2cc(O)c(O)cc12)OCO4. The molecule has 3 aromatic carbocycles. The van der Waals surface area contributed by atoms with E-state index >= 15 is 0 Å². The number of pyridine rings is 1. The number of aromatic hydroxyl groups is 2. The third-order valence-corrected chi connectivity index (χ3v) is 4.55. The Morgan fingerprint density at radius 3 is 2.28 bits per heavy atom. The molecule has 0 spiro atoms. The van der Waals surface area contributed by atoms with Gasteiger partial charge in [0.15, 0.2) is 29.3 Å². The summed E-state index contributed by atoms with van der Waals surface area (Å²) in [7, 11) is 0. The summed E-state index contributed by atoms with van der Waals surface area (Å²) in [6.45, 7) is 0.166. The van der Waals surface area contributed by atoms with Gasteiger partial charge in [-0.15, -0.1) is 0 Å². The Bertz CT molecular complexity index is 1220. The minimum atomic E-state index is -0.271. The Morgan fingerprint density at radius 1 is 0.840 bits per heavy atom. The van der Waals surface area contributed by atoms with Crippen LogP contribution in [0, 0.1) is 0 Å². The van der Waals surface area contributed by atoms with E-state index in [2.05, 4.69) is 4.98 Å². The zero-order valence-corrected chi connectivity index (χ0v) is 12.8. The Labute approximate surface area is 140 Å². The van der Waals surface area contributed by atoms with Gasteiger partial charge in [-0.1, -0.05) is 0 Å². The zero-order chi connectivity index (χ0) is 17.1. The van der Waals surface area contributed by atoms with Crippen LogP contribution in [0.1, 0.15) is 10.4 Å². The van der Waals surface area contributed by atoms with Crippen molar-refractivity contribution < 1.29 is 24.5 Å². The van der Waals surface area contributed by atoms with E-state index in [-0.39, 0.29) is 18.3 Å². The molecule has 0 unspecified atom stereocenters. The van der Waals surface area contributed by atoms with Gasteiger partial charge in [-0.05, 0) is 40.4 Å². The topological polar surface area (TPSA) is 88.9 Å². The van der Waals surface area contributed by atoms with Gasteiger partial charge in [0.1, 0.15) is 0 Å². The van der Waals surface area contributed by atoms with Crippen LogP contribution < -0.4 is 9.47 Å². The van der Waals surface area contributed by atoms with Gasteiger partial charge in [-0.2, -0.15) is 0 Å². The Balaban J connectivity index is 1.99. The molecule has 0 radical (unpaired) electrons. The highest BCUT2D eigenvalue weighted by atomic mass is 16.7. The van der Waals surface area contributed by atoms with E-state index in [1.807, 2.05) is 6.07 Å². The summed E-state index contributed by atoms with van der Waals surface area (Å²) in [5.41, 5.74) is 1.14. The summed E-state index contributed by atoms with van der Waals surface area (Å²) >= 11 is 0. The molecule has 6 heteroatoms. The van der Waals surface area contributed by atoms with Gasteiger partial charge in [-0.3, -0.25) is 9.78 Å². The van der Waals surface area contributed by atoms with E-state index in [1.54, 1.807) is 18.3 Å². The molecule has 2 N–H and O–H groups in total. The molecule has 5 rings (SSSR count). The van der Waals surface area contributed by atoms with Gasteiger partial charge in [0.25, 0.3) is 0 Å². The summed E-state index contributed by atoms with van der Waals surface area (Å²) < 4.78 is 10.8. The second-order valence-electron chi connectivity index (χ2n) is 5.91. The highest BCUT2D eigenvalue weighted by molar-refractivity contribution is 6.20. The van der Waals surface area contributed by atoms with Gasteiger partial charge < -0.3 is 19.7 Å². The standard InChI is InChI=1S/C19H11NO5/c21-7-9-1-11-13-4-18-19(25-8-24-18)5-15(13)20-6-14(11)12-3-17(23)16(22)2-10(9)12/h1-7,22-23H,8H2. The molecule has 0 fully saturated rings. The molecule has 4 aromatic rings. The molecular formula is C19H11NO5. The Hall–Kier alpha value is -3.54. The number of nitrogens with zero attached hydrogens (tertiary/aromatic N) is 1. The van der Waals surface area contributed by atoms with Gasteiger partial charge in [0.05, 0.1) is 5.52 Å². The predicted octanol–water partition coefficient (Wildman–Crippen LogP) is 3.49. The highest BCUT2D eigenvalue weighted by Crippen LogP contribution is 2.41. The number of carbonyl (C=O) groups excluding carboxylic acids is 1. The van der Waals surface area contributed by atoms with Crippen molar-refractivity contribution in [3.05, 3.63) is 42.1 Å². The fraction of sp³-hybridized carbons (Fsp3) is 0.0526. The molecule has 0 saturated carbocycles. The van der Waals surface area contributed by atoms with Crippen molar-refractivity contribution in [1.29, 1.82) is 0 Å².